The molecule has 1 aliphatic carbocycles. The first-order chi connectivity index (χ1) is 14.7. The molecule has 0 unspecified atom stereocenters. The number of hydrogen-bond donors (Lipinski definition) is 3. The molecule has 5 rings (SSSR count). The van der Waals surface area contributed by atoms with E-state index in [2.05, 4.69) is 25.6 Å². The van der Waals surface area contributed by atoms with Gasteiger partial charge in [-0.2, -0.15) is 0 Å². The molecule has 2 heterocycles. The fourth-order valence-electron chi connectivity index (χ4n) is 3.64. The highest BCUT2D eigenvalue weighted by Gasteiger charge is 2.43. The molecule has 7 heteroatoms. The first kappa shape index (κ1) is 18.1. The van der Waals surface area contributed by atoms with E-state index in [0.29, 0.717) is 11.5 Å². The maximum Gasteiger partial charge on any atom is 0.257 e. The maximum atomic E-state index is 12.6. The maximum absolute atomic E-state index is 12.6. The van der Waals surface area contributed by atoms with Crippen LogP contribution in [0, 0.1) is 5.92 Å². The van der Waals surface area contributed by atoms with Crippen molar-refractivity contribution in [3.63, 3.8) is 0 Å². The average molecular weight is 397 g/mol. The molecule has 1 fully saturated rings. The van der Waals surface area contributed by atoms with Gasteiger partial charge in [0, 0.05) is 47.3 Å². The molecule has 3 N–H and O–H groups in total. The molecule has 30 heavy (non-hydrogen) atoms. The van der Waals surface area contributed by atoms with Crippen LogP contribution in [0.15, 0.2) is 73.3 Å². The number of carbonyl (C=O) groups excluding carboxylic acids is 2. The number of rotatable bonds is 5. The van der Waals surface area contributed by atoms with Crippen LogP contribution in [0.25, 0.3) is 10.8 Å². The Bertz CT molecular complexity index is 1220. The number of imidazole rings is 1. The van der Waals surface area contributed by atoms with E-state index in [1.807, 2.05) is 36.4 Å². The van der Waals surface area contributed by atoms with E-state index in [9.17, 15) is 9.59 Å². The second kappa shape index (κ2) is 7.44. The van der Waals surface area contributed by atoms with Crippen LogP contribution in [0.3, 0.4) is 0 Å². The van der Waals surface area contributed by atoms with Gasteiger partial charge in [0.2, 0.25) is 11.9 Å². The van der Waals surface area contributed by atoms with Crippen LogP contribution in [-0.2, 0) is 4.79 Å². The van der Waals surface area contributed by atoms with E-state index in [1.54, 1.807) is 36.9 Å². The molecular weight excluding hydrogens is 378 g/mol. The van der Waals surface area contributed by atoms with Gasteiger partial charge in [-0.3, -0.25) is 19.9 Å². The summed E-state index contributed by atoms with van der Waals surface area (Å²) in [6.07, 6.45) is 7.57. The molecule has 4 aromatic rings. The van der Waals surface area contributed by atoms with Gasteiger partial charge in [-0.15, -0.1) is 0 Å². The molecule has 0 bridgehead atoms. The van der Waals surface area contributed by atoms with Crippen molar-refractivity contribution >= 4 is 34.2 Å². The smallest absolute Gasteiger partial charge is 0.257 e. The third kappa shape index (κ3) is 3.65. The van der Waals surface area contributed by atoms with Gasteiger partial charge in [-0.25, -0.2) is 4.98 Å². The monoisotopic (exact) mass is 397 g/mol. The molecular formula is C23H19N5O2. The van der Waals surface area contributed by atoms with Crippen molar-refractivity contribution in [3.8, 4) is 0 Å². The molecule has 0 radical (unpaired) electrons. The Balaban J connectivity index is 1.21. The van der Waals surface area contributed by atoms with Gasteiger partial charge in [-0.1, -0.05) is 18.2 Å². The molecule has 2 amide bonds. The summed E-state index contributed by atoms with van der Waals surface area (Å²) < 4.78 is 0. The van der Waals surface area contributed by atoms with Crippen LogP contribution in [0.4, 0.5) is 11.6 Å². The number of aromatic nitrogens is 3. The van der Waals surface area contributed by atoms with Crippen molar-refractivity contribution in [3.05, 3.63) is 84.4 Å². The fourth-order valence-corrected chi connectivity index (χ4v) is 3.64. The number of aromatic amines is 1. The lowest BCUT2D eigenvalue weighted by atomic mass is 10.1. The standard InChI is InChI=1S/C23H19N5O2/c29-21(28-23-25-9-10-26-23)15-3-1-14(2-4-15)19-12-20(19)22(30)27-18-6-5-17-13-24-8-7-16(17)11-18/h1-11,13,19-20H,12H2,(H,27,30)(H2,25,26,28,29)/t19-,20+/m0/s1. The third-order valence-corrected chi connectivity index (χ3v) is 5.37. The zero-order valence-electron chi connectivity index (χ0n) is 16.0. The number of fused-ring (bicyclic) bond motifs is 1. The largest absolute Gasteiger partial charge is 0.331 e. The van der Waals surface area contributed by atoms with Crippen LogP contribution >= 0.6 is 0 Å². The molecule has 2 aromatic carbocycles. The normalized spacial score (nSPS) is 17.5. The summed E-state index contributed by atoms with van der Waals surface area (Å²) in [4.78, 5) is 35.8. The van der Waals surface area contributed by atoms with Crippen LogP contribution in [0.5, 0.6) is 0 Å². The van der Waals surface area contributed by atoms with Crippen LogP contribution in [0.1, 0.15) is 28.3 Å². The van der Waals surface area contributed by atoms with Gasteiger partial charge >= 0.3 is 0 Å². The Labute approximate surface area is 172 Å². The zero-order valence-corrected chi connectivity index (χ0v) is 16.0. The van der Waals surface area contributed by atoms with Crippen molar-refractivity contribution in [2.75, 3.05) is 10.6 Å². The Morgan fingerprint density at radius 1 is 0.967 bits per heavy atom. The molecule has 148 valence electrons. The number of anilines is 2. The molecule has 1 saturated carbocycles. The third-order valence-electron chi connectivity index (χ3n) is 5.37. The van der Waals surface area contributed by atoms with E-state index in [1.165, 1.54) is 0 Å². The molecule has 0 spiro atoms. The van der Waals surface area contributed by atoms with Crippen molar-refractivity contribution in [2.24, 2.45) is 5.92 Å². The van der Waals surface area contributed by atoms with Crippen molar-refractivity contribution in [1.82, 2.24) is 15.0 Å². The minimum Gasteiger partial charge on any atom is -0.331 e. The topological polar surface area (TPSA) is 99.8 Å². The molecule has 1 aliphatic rings. The number of nitrogens with one attached hydrogen (secondary N) is 3. The highest BCUT2D eigenvalue weighted by atomic mass is 16.2. The number of carbonyl (C=O) groups is 2. The van der Waals surface area contributed by atoms with Crippen molar-refractivity contribution in [2.45, 2.75) is 12.3 Å². The highest BCUT2D eigenvalue weighted by molar-refractivity contribution is 6.03. The molecule has 2 atom stereocenters. The van der Waals surface area contributed by atoms with E-state index in [4.69, 9.17) is 0 Å². The highest BCUT2D eigenvalue weighted by Crippen LogP contribution is 2.48. The zero-order chi connectivity index (χ0) is 20.5. The number of H-pyrrole nitrogens is 1. The van der Waals surface area contributed by atoms with Crippen LogP contribution in [-0.4, -0.2) is 26.8 Å². The van der Waals surface area contributed by atoms with Crippen LogP contribution in [0.2, 0.25) is 0 Å². The van der Waals surface area contributed by atoms with E-state index < -0.39 is 0 Å². The van der Waals surface area contributed by atoms with Gasteiger partial charge in [0.05, 0.1) is 0 Å². The predicted octanol–water partition coefficient (Wildman–Crippen LogP) is 3.95. The lowest BCUT2D eigenvalue weighted by Crippen LogP contribution is -2.14. The minimum absolute atomic E-state index is 0.0213. The SMILES string of the molecule is O=C(Nc1ncc[nH]1)c1ccc([C@@H]2C[C@H]2C(=O)Nc2ccc3cnccc3c2)cc1. The second-order valence-corrected chi connectivity index (χ2v) is 7.39. The molecule has 0 saturated heterocycles. The minimum atomic E-state index is -0.229. The summed E-state index contributed by atoms with van der Waals surface area (Å²) in [5, 5.41) is 7.79. The van der Waals surface area contributed by atoms with Crippen molar-refractivity contribution < 1.29 is 9.59 Å². The number of nitrogens with zero attached hydrogens (tertiary/aromatic N) is 2. The molecule has 2 aromatic heterocycles. The van der Waals surface area contributed by atoms with Crippen molar-refractivity contribution in [1.29, 1.82) is 0 Å². The Morgan fingerprint density at radius 3 is 2.63 bits per heavy atom. The summed E-state index contributed by atoms with van der Waals surface area (Å²) in [6.45, 7) is 0. The van der Waals surface area contributed by atoms with Gasteiger partial charge in [0.25, 0.3) is 5.91 Å². The molecule has 0 aliphatic heterocycles. The predicted molar refractivity (Wildman–Crippen MR) is 114 cm³/mol. The molecule has 7 nitrogen and oxygen atoms in total. The number of amides is 2. The summed E-state index contributed by atoms with van der Waals surface area (Å²) >= 11 is 0. The van der Waals surface area contributed by atoms with E-state index in [0.717, 1.165) is 28.4 Å². The fraction of sp³-hybridized carbons (Fsp3) is 0.130. The van der Waals surface area contributed by atoms with Gasteiger partial charge < -0.3 is 10.3 Å². The van der Waals surface area contributed by atoms with Crippen LogP contribution < -0.4 is 10.6 Å². The lowest BCUT2D eigenvalue weighted by Gasteiger charge is -2.07. The van der Waals surface area contributed by atoms with E-state index >= 15 is 0 Å². The average Bonchev–Trinajstić information content (AvgIpc) is 3.42. The number of benzene rings is 2. The second-order valence-electron chi connectivity index (χ2n) is 7.39. The Kier molecular flexibility index (Phi) is 4.48. The Morgan fingerprint density at radius 2 is 1.83 bits per heavy atom. The summed E-state index contributed by atoms with van der Waals surface area (Å²) in [5.41, 5.74) is 2.39. The number of pyridine rings is 1. The number of hydrogen-bond acceptors (Lipinski definition) is 4. The summed E-state index contributed by atoms with van der Waals surface area (Å²) in [5.74, 6) is 0.326. The summed E-state index contributed by atoms with van der Waals surface area (Å²) in [7, 11) is 0. The Hall–Kier alpha value is -4.00. The lowest BCUT2D eigenvalue weighted by molar-refractivity contribution is -0.117. The van der Waals surface area contributed by atoms with Gasteiger partial charge in [0.1, 0.15) is 0 Å². The van der Waals surface area contributed by atoms with Gasteiger partial charge in [0.15, 0.2) is 0 Å². The van der Waals surface area contributed by atoms with E-state index in [-0.39, 0.29) is 23.7 Å². The summed E-state index contributed by atoms with van der Waals surface area (Å²) in [6, 6.07) is 15.1. The van der Waals surface area contributed by atoms with Gasteiger partial charge in [-0.05, 0) is 53.6 Å². The first-order valence-corrected chi connectivity index (χ1v) is 9.73. The first-order valence-electron chi connectivity index (χ1n) is 9.73. The quantitative estimate of drug-likeness (QED) is 0.475.